The normalized spacial score (nSPS) is 19.4. The molecule has 1 aliphatic heterocycles. The molecule has 1 saturated heterocycles. The molecule has 1 N–H and O–H groups in total. The number of nitrogens with zero attached hydrogens (tertiary/aromatic N) is 3. The number of halogens is 2. The van der Waals surface area contributed by atoms with E-state index in [-0.39, 0.29) is 42.0 Å². The van der Waals surface area contributed by atoms with Crippen LogP contribution in [0.1, 0.15) is 24.3 Å². The zero-order valence-corrected chi connectivity index (χ0v) is 19.9. The number of aliphatic imine (C=N–C) groups is 1. The maximum absolute atomic E-state index is 13.2. The van der Waals surface area contributed by atoms with Gasteiger partial charge >= 0.3 is 0 Å². The first-order chi connectivity index (χ1) is 14.1. The zero-order valence-electron chi connectivity index (χ0n) is 16.7. The standard InChI is InChI=1S/C21H23FN4O2S.HI/c1-14-11-26(12-18(28-14)15-5-7-16(22)8-6-15)21(23-2)24-10-17-13-27-20(25-17)19-4-3-9-29-19;/h3-9,13-14,18H,10-12H2,1-2H3,(H,23,24);1H. The van der Waals surface area contributed by atoms with E-state index in [2.05, 4.69) is 20.2 Å². The van der Waals surface area contributed by atoms with Gasteiger partial charge in [-0.3, -0.25) is 4.99 Å². The number of morpholine rings is 1. The average molecular weight is 542 g/mol. The minimum atomic E-state index is -0.249. The van der Waals surface area contributed by atoms with Crippen LogP contribution in [0.5, 0.6) is 0 Å². The molecule has 160 valence electrons. The van der Waals surface area contributed by atoms with Crippen molar-refractivity contribution in [1.29, 1.82) is 0 Å². The van der Waals surface area contributed by atoms with E-state index in [0.717, 1.165) is 28.6 Å². The third-order valence-corrected chi connectivity index (χ3v) is 5.58. The van der Waals surface area contributed by atoms with E-state index in [1.165, 1.54) is 12.1 Å². The van der Waals surface area contributed by atoms with Crippen LogP contribution in [0.3, 0.4) is 0 Å². The number of thiophene rings is 1. The molecule has 1 aliphatic rings. The van der Waals surface area contributed by atoms with Crippen LogP contribution in [0.4, 0.5) is 4.39 Å². The molecular formula is C21H24FIN4O2S. The third-order valence-electron chi connectivity index (χ3n) is 4.72. The average Bonchev–Trinajstić information content (AvgIpc) is 3.40. The molecule has 0 radical (unpaired) electrons. The summed E-state index contributed by atoms with van der Waals surface area (Å²) in [6, 6.07) is 10.4. The lowest BCUT2D eigenvalue weighted by molar-refractivity contribution is -0.0605. The Kier molecular flexibility index (Phi) is 7.84. The molecule has 0 amide bonds. The number of ether oxygens (including phenoxy) is 1. The number of benzene rings is 1. The summed E-state index contributed by atoms with van der Waals surface area (Å²) in [5.41, 5.74) is 1.77. The molecule has 3 heterocycles. The highest BCUT2D eigenvalue weighted by atomic mass is 127. The second-order valence-corrected chi connectivity index (χ2v) is 7.86. The van der Waals surface area contributed by atoms with Gasteiger partial charge in [0.25, 0.3) is 0 Å². The van der Waals surface area contributed by atoms with Crippen molar-refractivity contribution in [1.82, 2.24) is 15.2 Å². The quantitative estimate of drug-likeness (QED) is 0.294. The summed E-state index contributed by atoms with van der Waals surface area (Å²) in [5.74, 6) is 1.15. The van der Waals surface area contributed by atoms with E-state index in [1.807, 2.05) is 24.4 Å². The lowest BCUT2D eigenvalue weighted by atomic mass is 10.1. The van der Waals surface area contributed by atoms with Crippen LogP contribution in [0.25, 0.3) is 10.8 Å². The number of rotatable bonds is 4. The van der Waals surface area contributed by atoms with Gasteiger partial charge in [-0.25, -0.2) is 9.37 Å². The van der Waals surface area contributed by atoms with Gasteiger partial charge in [0.1, 0.15) is 18.2 Å². The van der Waals surface area contributed by atoms with Gasteiger partial charge in [0.05, 0.1) is 29.8 Å². The van der Waals surface area contributed by atoms with Crippen LogP contribution in [-0.2, 0) is 11.3 Å². The van der Waals surface area contributed by atoms with E-state index in [9.17, 15) is 4.39 Å². The highest BCUT2D eigenvalue weighted by Gasteiger charge is 2.28. The van der Waals surface area contributed by atoms with Crippen LogP contribution < -0.4 is 5.32 Å². The zero-order chi connectivity index (χ0) is 20.2. The van der Waals surface area contributed by atoms with Gasteiger partial charge in [0, 0.05) is 13.6 Å². The predicted octanol–water partition coefficient (Wildman–Crippen LogP) is 4.70. The van der Waals surface area contributed by atoms with Crippen molar-refractivity contribution in [2.45, 2.75) is 25.7 Å². The van der Waals surface area contributed by atoms with E-state index in [1.54, 1.807) is 36.8 Å². The second-order valence-electron chi connectivity index (χ2n) is 6.91. The molecule has 2 atom stereocenters. The summed E-state index contributed by atoms with van der Waals surface area (Å²) in [7, 11) is 1.76. The summed E-state index contributed by atoms with van der Waals surface area (Å²) in [6.07, 6.45) is 1.55. The molecule has 1 aromatic carbocycles. The molecule has 0 aliphatic carbocycles. The Bertz CT molecular complexity index is 962. The van der Waals surface area contributed by atoms with Crippen LogP contribution in [-0.4, -0.2) is 42.1 Å². The second kappa shape index (κ2) is 10.4. The molecule has 0 spiro atoms. The number of nitrogens with one attached hydrogen (secondary N) is 1. The first-order valence-electron chi connectivity index (χ1n) is 9.47. The third kappa shape index (κ3) is 5.38. The SMILES string of the molecule is CN=C(NCc1coc(-c2cccs2)n1)N1CC(C)OC(c2ccc(F)cc2)C1.I. The number of guanidine groups is 1. The molecule has 9 heteroatoms. The van der Waals surface area contributed by atoms with E-state index >= 15 is 0 Å². The van der Waals surface area contributed by atoms with Gasteiger partial charge in [-0.15, -0.1) is 35.3 Å². The Morgan fingerprint density at radius 3 is 2.80 bits per heavy atom. The maximum atomic E-state index is 13.2. The molecule has 2 aromatic heterocycles. The molecule has 30 heavy (non-hydrogen) atoms. The van der Waals surface area contributed by atoms with Crippen molar-refractivity contribution >= 4 is 41.3 Å². The molecule has 2 unspecified atom stereocenters. The molecule has 0 bridgehead atoms. The van der Waals surface area contributed by atoms with Crippen LogP contribution >= 0.6 is 35.3 Å². The first-order valence-corrected chi connectivity index (χ1v) is 10.3. The van der Waals surface area contributed by atoms with Gasteiger partial charge in [-0.05, 0) is 36.1 Å². The number of aromatic nitrogens is 1. The fourth-order valence-corrected chi connectivity index (χ4v) is 4.04. The van der Waals surface area contributed by atoms with Crippen LogP contribution in [0.15, 0.2) is 57.5 Å². The minimum Gasteiger partial charge on any atom is -0.443 e. The Morgan fingerprint density at radius 2 is 2.10 bits per heavy atom. The minimum absolute atomic E-state index is 0. The van der Waals surface area contributed by atoms with Gasteiger partial charge in [-0.2, -0.15) is 0 Å². The fraction of sp³-hybridized carbons (Fsp3) is 0.333. The van der Waals surface area contributed by atoms with Crippen molar-refractivity contribution < 1.29 is 13.5 Å². The van der Waals surface area contributed by atoms with Crippen molar-refractivity contribution in [2.75, 3.05) is 20.1 Å². The predicted molar refractivity (Wildman–Crippen MR) is 127 cm³/mol. The maximum Gasteiger partial charge on any atom is 0.236 e. The number of hydrogen-bond donors (Lipinski definition) is 1. The van der Waals surface area contributed by atoms with Gasteiger partial charge in [-0.1, -0.05) is 18.2 Å². The Hall–Kier alpha value is -1.98. The summed E-state index contributed by atoms with van der Waals surface area (Å²) in [4.78, 5) is 12.1. The van der Waals surface area contributed by atoms with Crippen molar-refractivity contribution in [3.63, 3.8) is 0 Å². The molecule has 3 aromatic rings. The lowest BCUT2D eigenvalue weighted by Gasteiger charge is -2.38. The molecular weight excluding hydrogens is 518 g/mol. The summed E-state index contributed by atoms with van der Waals surface area (Å²) in [6.45, 7) is 3.89. The summed E-state index contributed by atoms with van der Waals surface area (Å²) in [5, 5.41) is 5.35. The van der Waals surface area contributed by atoms with E-state index in [0.29, 0.717) is 19.0 Å². The van der Waals surface area contributed by atoms with E-state index < -0.39 is 0 Å². The highest BCUT2D eigenvalue weighted by molar-refractivity contribution is 14.0. The van der Waals surface area contributed by atoms with Crippen molar-refractivity contribution in [2.24, 2.45) is 4.99 Å². The van der Waals surface area contributed by atoms with Crippen molar-refractivity contribution in [3.8, 4) is 10.8 Å². The molecule has 1 fully saturated rings. The molecule has 4 rings (SSSR count). The Balaban J connectivity index is 0.00000256. The van der Waals surface area contributed by atoms with Gasteiger partial charge in [0.15, 0.2) is 5.96 Å². The van der Waals surface area contributed by atoms with Gasteiger partial charge in [0.2, 0.25) is 5.89 Å². The first kappa shape index (κ1) is 22.7. The monoisotopic (exact) mass is 542 g/mol. The van der Waals surface area contributed by atoms with Crippen LogP contribution in [0, 0.1) is 5.82 Å². The number of hydrogen-bond acceptors (Lipinski definition) is 5. The van der Waals surface area contributed by atoms with Gasteiger partial charge < -0.3 is 19.4 Å². The largest absolute Gasteiger partial charge is 0.443 e. The summed E-state index contributed by atoms with van der Waals surface area (Å²) >= 11 is 1.59. The molecule has 0 saturated carbocycles. The topological polar surface area (TPSA) is 62.9 Å². The lowest BCUT2D eigenvalue weighted by Crippen LogP contribution is -2.50. The fourth-order valence-electron chi connectivity index (χ4n) is 3.39. The summed E-state index contributed by atoms with van der Waals surface area (Å²) < 4.78 is 24.9. The smallest absolute Gasteiger partial charge is 0.236 e. The Morgan fingerprint density at radius 1 is 1.30 bits per heavy atom. The van der Waals surface area contributed by atoms with Crippen molar-refractivity contribution in [3.05, 3.63) is 65.1 Å². The highest BCUT2D eigenvalue weighted by Crippen LogP contribution is 2.26. The molecule has 6 nitrogen and oxygen atoms in total. The van der Waals surface area contributed by atoms with Crippen LogP contribution in [0.2, 0.25) is 0 Å². The van der Waals surface area contributed by atoms with E-state index in [4.69, 9.17) is 9.15 Å². The Labute approximate surface area is 196 Å². The number of oxazole rings is 1.